The van der Waals surface area contributed by atoms with Crippen molar-refractivity contribution in [2.24, 2.45) is 0 Å². The molecule has 0 amide bonds. The van der Waals surface area contributed by atoms with E-state index in [4.69, 9.17) is 37.9 Å². The molecule has 0 aromatic carbocycles. The van der Waals surface area contributed by atoms with E-state index in [1.165, 1.54) is 21.0 Å². The van der Waals surface area contributed by atoms with Gasteiger partial charge in [0.2, 0.25) is 0 Å². The molecule has 4 aliphatic heterocycles. The van der Waals surface area contributed by atoms with Gasteiger partial charge in [-0.3, -0.25) is 0 Å². The molecule has 20 atom stereocenters. The van der Waals surface area contributed by atoms with Crippen molar-refractivity contribution in [3.8, 4) is 0 Å². The van der Waals surface area contributed by atoms with Crippen LogP contribution in [0.1, 0.15) is 13.8 Å². The lowest BCUT2D eigenvalue weighted by atomic mass is 9.95. The summed E-state index contributed by atoms with van der Waals surface area (Å²) in [5, 5.41) is 113. The number of aliphatic hydroxyl groups excluding tert-OH is 11. The van der Waals surface area contributed by atoms with E-state index in [1.807, 2.05) is 0 Å². The first kappa shape index (κ1) is 36.1. The van der Waals surface area contributed by atoms with Gasteiger partial charge >= 0.3 is 0 Å². The highest BCUT2D eigenvalue weighted by Crippen LogP contribution is 2.36. The van der Waals surface area contributed by atoms with Crippen LogP contribution in [0.3, 0.4) is 0 Å². The Labute approximate surface area is 251 Å². The van der Waals surface area contributed by atoms with E-state index in [0.717, 1.165) is 0 Å². The SMILES string of the molecule is CO[C@@H]1O[C@@H](C)[C@H](O[C@@H]2O[C@@H](C)[C@@H](O)[C@@H](O)[C@@H]2O)[C@@H](O[C@@H]2O[C@H](CO)[C@H](O)[C@H](O)[C@H]2O)[C@H]1O[C@H]1O[C@H](CO)[C@H](O)[C@H](O)[C@H]1O. The summed E-state index contributed by atoms with van der Waals surface area (Å²) in [6, 6.07) is 0. The third-order valence-electron chi connectivity index (χ3n) is 8.34. The first-order valence-corrected chi connectivity index (χ1v) is 14.2. The van der Waals surface area contributed by atoms with Gasteiger partial charge in [0.1, 0.15) is 85.5 Å². The smallest absolute Gasteiger partial charge is 0.187 e. The first-order valence-electron chi connectivity index (χ1n) is 14.2. The highest BCUT2D eigenvalue weighted by Gasteiger charge is 2.56. The number of hydrogen-bond acceptors (Lipinski definition) is 19. The quantitative estimate of drug-likeness (QED) is 0.111. The van der Waals surface area contributed by atoms with Gasteiger partial charge in [0.25, 0.3) is 0 Å². The van der Waals surface area contributed by atoms with E-state index in [0.29, 0.717) is 0 Å². The highest BCUT2D eigenvalue weighted by molar-refractivity contribution is 4.98. The maximum Gasteiger partial charge on any atom is 0.187 e. The largest absolute Gasteiger partial charge is 0.394 e. The van der Waals surface area contributed by atoms with Crippen molar-refractivity contribution in [1.82, 2.24) is 0 Å². The van der Waals surface area contributed by atoms with Gasteiger partial charge in [0.05, 0.1) is 25.4 Å². The van der Waals surface area contributed by atoms with Gasteiger partial charge in [-0.05, 0) is 13.8 Å². The molecule has 0 saturated carbocycles. The maximum atomic E-state index is 10.7. The van der Waals surface area contributed by atoms with Crippen LogP contribution in [0, 0.1) is 0 Å². The number of aliphatic hydroxyl groups is 11. The third kappa shape index (κ3) is 7.06. The van der Waals surface area contributed by atoms with Crippen LogP contribution < -0.4 is 0 Å². The molecule has 0 bridgehead atoms. The topological polar surface area (TPSA) is 296 Å². The molecule has 19 nitrogen and oxygen atoms in total. The highest BCUT2D eigenvalue weighted by atomic mass is 16.8. The summed E-state index contributed by atoms with van der Waals surface area (Å²) in [5.74, 6) is 0. The van der Waals surface area contributed by atoms with Crippen LogP contribution in [0.25, 0.3) is 0 Å². The van der Waals surface area contributed by atoms with Gasteiger partial charge in [0, 0.05) is 7.11 Å². The number of methoxy groups -OCH3 is 1. The molecule has 0 aromatic rings. The summed E-state index contributed by atoms with van der Waals surface area (Å²) in [6.45, 7) is 1.37. The summed E-state index contributed by atoms with van der Waals surface area (Å²) >= 11 is 0. The average molecular weight is 649 g/mol. The van der Waals surface area contributed by atoms with Crippen molar-refractivity contribution in [2.45, 2.75) is 137 Å². The van der Waals surface area contributed by atoms with Gasteiger partial charge in [-0.2, -0.15) is 0 Å². The number of hydrogen-bond donors (Lipinski definition) is 11. The van der Waals surface area contributed by atoms with Gasteiger partial charge in [-0.25, -0.2) is 0 Å². The lowest BCUT2D eigenvalue weighted by molar-refractivity contribution is -0.403. The third-order valence-corrected chi connectivity index (χ3v) is 8.34. The Morgan fingerprint density at radius 2 is 0.818 bits per heavy atom. The van der Waals surface area contributed by atoms with Crippen LogP contribution in [0.4, 0.5) is 0 Å². The molecule has 258 valence electrons. The van der Waals surface area contributed by atoms with E-state index in [1.54, 1.807) is 0 Å². The molecule has 0 aromatic heterocycles. The second kappa shape index (κ2) is 15.0. The van der Waals surface area contributed by atoms with Crippen LogP contribution in [0.5, 0.6) is 0 Å². The molecule has 4 rings (SSSR count). The second-order valence-electron chi connectivity index (χ2n) is 11.3. The fourth-order valence-corrected chi connectivity index (χ4v) is 5.60. The molecule has 4 saturated heterocycles. The van der Waals surface area contributed by atoms with E-state index in [2.05, 4.69) is 0 Å². The Morgan fingerprint density at radius 3 is 1.27 bits per heavy atom. The molecule has 4 heterocycles. The zero-order valence-corrected chi connectivity index (χ0v) is 24.1. The first-order chi connectivity index (χ1) is 20.7. The lowest BCUT2D eigenvalue weighted by Crippen LogP contribution is -2.68. The van der Waals surface area contributed by atoms with E-state index >= 15 is 0 Å². The predicted octanol–water partition coefficient (Wildman–Crippen LogP) is -7.04. The van der Waals surface area contributed by atoms with Gasteiger partial charge < -0.3 is 94.1 Å². The monoisotopic (exact) mass is 648 g/mol. The molecule has 0 aliphatic carbocycles. The molecular formula is C25H44O19. The molecule has 11 N–H and O–H groups in total. The van der Waals surface area contributed by atoms with Crippen LogP contribution >= 0.6 is 0 Å². The van der Waals surface area contributed by atoms with Crippen LogP contribution in [0.2, 0.25) is 0 Å². The average Bonchev–Trinajstić information content (AvgIpc) is 3.01. The molecule has 0 radical (unpaired) electrons. The fraction of sp³-hybridized carbons (Fsp3) is 1.00. The minimum absolute atomic E-state index is 0.767. The zero-order valence-electron chi connectivity index (χ0n) is 24.1. The standard InChI is InChI=1S/C25H44O19/c1-6-10(28)13(31)16(34)22(38-6)42-19-7(2)39-25(37-3)21(44-24-18(36)15(33)12(30)9(5-27)41-24)20(19)43-23-17(35)14(32)11(29)8(4-26)40-23/h6-36H,4-5H2,1-3H3/t6-,7-,8+,9+,10+,11-,12-,13+,14-,15-,16-,17+,18+,19-,20+,21+,22-,23-,24+,25+/m0/s1. The van der Waals surface area contributed by atoms with Crippen LogP contribution in [0.15, 0.2) is 0 Å². The summed E-state index contributed by atoms with van der Waals surface area (Å²) in [5.41, 5.74) is 0. The molecule has 0 spiro atoms. The summed E-state index contributed by atoms with van der Waals surface area (Å²) in [4.78, 5) is 0. The number of ether oxygens (including phenoxy) is 8. The second-order valence-corrected chi connectivity index (χ2v) is 11.3. The molecule has 0 unspecified atom stereocenters. The van der Waals surface area contributed by atoms with Crippen molar-refractivity contribution in [3.05, 3.63) is 0 Å². The Kier molecular flexibility index (Phi) is 12.3. The van der Waals surface area contributed by atoms with Crippen LogP contribution in [-0.4, -0.2) is 199 Å². The molecule has 4 fully saturated rings. The van der Waals surface area contributed by atoms with Crippen molar-refractivity contribution in [2.75, 3.05) is 20.3 Å². The van der Waals surface area contributed by atoms with Gasteiger partial charge in [-0.1, -0.05) is 0 Å². The predicted molar refractivity (Wildman–Crippen MR) is 136 cm³/mol. The van der Waals surface area contributed by atoms with Crippen molar-refractivity contribution in [1.29, 1.82) is 0 Å². The number of rotatable bonds is 9. The van der Waals surface area contributed by atoms with Crippen LogP contribution in [-0.2, 0) is 37.9 Å². The van der Waals surface area contributed by atoms with Gasteiger partial charge in [0.15, 0.2) is 25.2 Å². The molecular weight excluding hydrogens is 604 g/mol. The minimum Gasteiger partial charge on any atom is -0.394 e. The molecule has 19 heteroatoms. The van der Waals surface area contributed by atoms with E-state index in [9.17, 15) is 56.2 Å². The fourth-order valence-electron chi connectivity index (χ4n) is 5.60. The van der Waals surface area contributed by atoms with E-state index in [-0.39, 0.29) is 0 Å². The molecule has 4 aliphatic rings. The Hall–Kier alpha value is -0.760. The lowest BCUT2D eigenvalue weighted by Gasteiger charge is -2.50. The summed E-state index contributed by atoms with van der Waals surface area (Å²) < 4.78 is 45.8. The normalized spacial score (nSPS) is 53.9. The summed E-state index contributed by atoms with van der Waals surface area (Å²) in [7, 11) is 1.22. The van der Waals surface area contributed by atoms with Crippen molar-refractivity contribution < 1.29 is 94.1 Å². The van der Waals surface area contributed by atoms with Gasteiger partial charge in [-0.15, -0.1) is 0 Å². The molecule has 44 heavy (non-hydrogen) atoms. The van der Waals surface area contributed by atoms with Crippen molar-refractivity contribution >= 4 is 0 Å². The van der Waals surface area contributed by atoms with E-state index < -0.39 is 136 Å². The maximum absolute atomic E-state index is 10.7. The Morgan fingerprint density at radius 1 is 0.432 bits per heavy atom. The minimum atomic E-state index is -1.89. The Bertz CT molecular complexity index is 898. The zero-order chi connectivity index (χ0) is 32.6. The Balaban J connectivity index is 1.68. The van der Waals surface area contributed by atoms with Crippen molar-refractivity contribution in [3.63, 3.8) is 0 Å². The summed E-state index contributed by atoms with van der Waals surface area (Å²) in [6.07, 6.45) is -31.4.